The van der Waals surface area contributed by atoms with Gasteiger partial charge in [0.05, 0.1) is 5.25 Å². The molecule has 1 unspecified atom stereocenters. The van der Waals surface area contributed by atoms with Gasteiger partial charge in [0, 0.05) is 23.6 Å². The summed E-state index contributed by atoms with van der Waals surface area (Å²) in [6.45, 7) is 5.73. The molecule has 1 amide bonds. The molecule has 0 bridgehead atoms. The molecule has 6 nitrogen and oxygen atoms in total. The molecule has 0 saturated carbocycles. The SMILES string of the molecule is C=CCOC(=O)C(C#N)=C1SC(CCc2c[nH]c3ccccc23)C(=O)N1CC. The lowest BCUT2D eigenvalue weighted by Gasteiger charge is -2.15. The van der Waals surface area contributed by atoms with Crippen molar-refractivity contribution in [2.75, 3.05) is 13.2 Å². The van der Waals surface area contributed by atoms with Gasteiger partial charge in [-0.1, -0.05) is 42.6 Å². The summed E-state index contributed by atoms with van der Waals surface area (Å²) in [6, 6.07) is 9.94. The average Bonchev–Trinajstić information content (AvgIpc) is 3.26. The Labute approximate surface area is 167 Å². The number of amides is 1. The van der Waals surface area contributed by atoms with Crippen molar-refractivity contribution in [3.05, 3.63) is 59.3 Å². The van der Waals surface area contributed by atoms with E-state index in [2.05, 4.69) is 17.6 Å². The van der Waals surface area contributed by atoms with E-state index in [0.717, 1.165) is 22.9 Å². The van der Waals surface area contributed by atoms with Crippen molar-refractivity contribution in [1.29, 1.82) is 5.26 Å². The Morgan fingerprint density at radius 3 is 2.96 bits per heavy atom. The fourth-order valence-electron chi connectivity index (χ4n) is 3.21. The third kappa shape index (κ3) is 3.82. The largest absolute Gasteiger partial charge is 0.457 e. The monoisotopic (exact) mass is 395 g/mol. The topological polar surface area (TPSA) is 86.2 Å². The van der Waals surface area contributed by atoms with Crippen LogP contribution < -0.4 is 0 Å². The number of benzene rings is 1. The Bertz CT molecular complexity index is 986. The Hall–Kier alpha value is -2.98. The van der Waals surface area contributed by atoms with Gasteiger partial charge in [-0.2, -0.15) is 5.26 Å². The van der Waals surface area contributed by atoms with Gasteiger partial charge in [0.1, 0.15) is 17.7 Å². The molecule has 0 radical (unpaired) electrons. The first kappa shape index (κ1) is 19.8. The summed E-state index contributed by atoms with van der Waals surface area (Å²) in [5.74, 6) is -0.806. The minimum Gasteiger partial charge on any atom is -0.457 e. The second kappa shape index (κ2) is 8.81. The van der Waals surface area contributed by atoms with E-state index in [-0.39, 0.29) is 23.3 Å². The molecule has 3 rings (SSSR count). The summed E-state index contributed by atoms with van der Waals surface area (Å²) in [6.07, 6.45) is 4.75. The highest BCUT2D eigenvalue weighted by Crippen LogP contribution is 2.39. The molecular weight excluding hydrogens is 374 g/mol. The molecule has 1 N–H and O–H groups in total. The van der Waals surface area contributed by atoms with Crippen LogP contribution in [0, 0.1) is 11.3 Å². The number of carbonyl (C=O) groups is 2. The van der Waals surface area contributed by atoms with Crippen LogP contribution in [0.2, 0.25) is 0 Å². The van der Waals surface area contributed by atoms with Gasteiger partial charge in [-0.05, 0) is 31.4 Å². The molecule has 144 valence electrons. The summed E-state index contributed by atoms with van der Waals surface area (Å²) >= 11 is 1.27. The molecule has 28 heavy (non-hydrogen) atoms. The highest BCUT2D eigenvalue weighted by molar-refractivity contribution is 8.04. The predicted octanol–water partition coefficient (Wildman–Crippen LogP) is 3.53. The van der Waals surface area contributed by atoms with E-state index < -0.39 is 5.97 Å². The first-order chi connectivity index (χ1) is 13.6. The molecule has 1 aliphatic heterocycles. The number of hydrogen-bond donors (Lipinski definition) is 1. The van der Waals surface area contributed by atoms with Crippen LogP contribution in [0.15, 0.2) is 53.7 Å². The summed E-state index contributed by atoms with van der Waals surface area (Å²) in [5.41, 5.74) is 2.09. The van der Waals surface area contributed by atoms with Gasteiger partial charge >= 0.3 is 5.97 Å². The molecule has 2 aromatic rings. The molecule has 1 fully saturated rings. The molecule has 1 aromatic heterocycles. The van der Waals surface area contributed by atoms with Gasteiger partial charge in [0.2, 0.25) is 5.91 Å². The number of esters is 1. The summed E-state index contributed by atoms with van der Waals surface area (Å²) in [4.78, 5) is 29.7. The minimum atomic E-state index is -0.728. The Balaban J connectivity index is 1.79. The predicted molar refractivity (Wildman–Crippen MR) is 109 cm³/mol. The maximum Gasteiger partial charge on any atom is 0.351 e. The van der Waals surface area contributed by atoms with Crippen LogP contribution in [0.3, 0.4) is 0 Å². The smallest absolute Gasteiger partial charge is 0.351 e. The zero-order chi connectivity index (χ0) is 20.1. The van der Waals surface area contributed by atoms with Gasteiger partial charge in [-0.15, -0.1) is 0 Å². The molecule has 7 heteroatoms. The van der Waals surface area contributed by atoms with Gasteiger partial charge in [0.15, 0.2) is 5.57 Å². The van der Waals surface area contributed by atoms with Crippen molar-refractivity contribution in [1.82, 2.24) is 9.88 Å². The van der Waals surface area contributed by atoms with E-state index in [1.807, 2.05) is 37.4 Å². The maximum atomic E-state index is 12.8. The lowest BCUT2D eigenvalue weighted by Crippen LogP contribution is -2.29. The molecule has 1 aliphatic rings. The number of aromatic nitrogens is 1. The molecule has 0 spiro atoms. The van der Waals surface area contributed by atoms with Crippen molar-refractivity contribution < 1.29 is 14.3 Å². The highest BCUT2D eigenvalue weighted by atomic mass is 32.2. The van der Waals surface area contributed by atoms with Crippen LogP contribution in [0.5, 0.6) is 0 Å². The first-order valence-corrected chi connectivity index (χ1v) is 9.94. The van der Waals surface area contributed by atoms with Crippen LogP contribution in [-0.2, 0) is 20.7 Å². The van der Waals surface area contributed by atoms with E-state index >= 15 is 0 Å². The zero-order valence-electron chi connectivity index (χ0n) is 15.6. The number of rotatable bonds is 7. The van der Waals surface area contributed by atoms with Crippen LogP contribution in [0.1, 0.15) is 18.9 Å². The van der Waals surface area contributed by atoms with Crippen LogP contribution in [0.25, 0.3) is 10.9 Å². The van der Waals surface area contributed by atoms with E-state index in [1.165, 1.54) is 22.7 Å². The van der Waals surface area contributed by atoms with E-state index in [0.29, 0.717) is 18.0 Å². The van der Waals surface area contributed by atoms with Crippen molar-refractivity contribution in [3.63, 3.8) is 0 Å². The lowest BCUT2D eigenvalue weighted by molar-refractivity contribution is -0.137. The van der Waals surface area contributed by atoms with Crippen LogP contribution >= 0.6 is 11.8 Å². The van der Waals surface area contributed by atoms with E-state index in [4.69, 9.17) is 4.74 Å². The number of hydrogen-bond acceptors (Lipinski definition) is 5. The fourth-order valence-corrected chi connectivity index (χ4v) is 4.54. The number of carbonyl (C=O) groups excluding carboxylic acids is 2. The maximum absolute atomic E-state index is 12.8. The second-order valence-corrected chi connectivity index (χ2v) is 7.46. The summed E-state index contributed by atoms with van der Waals surface area (Å²) in [7, 11) is 0. The van der Waals surface area contributed by atoms with Crippen LogP contribution in [0.4, 0.5) is 0 Å². The van der Waals surface area contributed by atoms with Gasteiger partial charge in [-0.3, -0.25) is 4.79 Å². The highest BCUT2D eigenvalue weighted by Gasteiger charge is 2.39. The Morgan fingerprint density at radius 2 is 2.25 bits per heavy atom. The van der Waals surface area contributed by atoms with Crippen LogP contribution in [-0.4, -0.2) is 40.2 Å². The first-order valence-electron chi connectivity index (χ1n) is 9.06. The van der Waals surface area contributed by atoms with Gasteiger partial charge in [-0.25, -0.2) is 4.79 Å². The van der Waals surface area contributed by atoms with Crippen molar-refractivity contribution in [3.8, 4) is 6.07 Å². The third-order valence-electron chi connectivity index (χ3n) is 4.57. The van der Waals surface area contributed by atoms with E-state index in [9.17, 15) is 14.9 Å². The van der Waals surface area contributed by atoms with E-state index in [1.54, 1.807) is 0 Å². The van der Waals surface area contributed by atoms with Crippen molar-refractivity contribution in [2.45, 2.75) is 25.0 Å². The number of nitriles is 1. The standard InChI is InChI=1S/C21H21N3O3S/c1-3-11-27-21(26)16(12-22)20-24(4-2)19(25)18(28-20)10-9-14-13-23-17-8-6-5-7-15(14)17/h3,5-8,13,18,23H,1,4,9-11H2,2H3. The van der Waals surface area contributed by atoms with Crippen molar-refractivity contribution in [2.24, 2.45) is 0 Å². The quantitative estimate of drug-likeness (QED) is 0.335. The fraction of sp³-hybridized carbons (Fsp3) is 0.286. The molecular formula is C21H21N3O3S. The van der Waals surface area contributed by atoms with Crippen molar-refractivity contribution >= 4 is 34.5 Å². The molecule has 0 aliphatic carbocycles. The Morgan fingerprint density at radius 1 is 1.46 bits per heavy atom. The molecule has 1 atom stereocenters. The number of ether oxygens (including phenoxy) is 1. The van der Waals surface area contributed by atoms with Gasteiger partial charge < -0.3 is 14.6 Å². The average molecular weight is 395 g/mol. The number of nitrogens with one attached hydrogen (secondary N) is 1. The van der Waals surface area contributed by atoms with Gasteiger partial charge in [0.25, 0.3) is 0 Å². The number of nitrogens with zero attached hydrogens (tertiary/aromatic N) is 2. The zero-order valence-corrected chi connectivity index (χ0v) is 16.4. The summed E-state index contributed by atoms with van der Waals surface area (Å²) < 4.78 is 4.99. The number of para-hydroxylation sites is 1. The minimum absolute atomic E-state index is 0.0199. The number of H-pyrrole nitrogens is 1. The summed E-state index contributed by atoms with van der Waals surface area (Å²) in [5, 5.41) is 10.6. The number of thioether (sulfide) groups is 1. The third-order valence-corrected chi connectivity index (χ3v) is 5.94. The lowest BCUT2D eigenvalue weighted by atomic mass is 10.1. The molecule has 1 aromatic carbocycles. The molecule has 2 heterocycles. The number of aromatic amines is 1. The number of aryl methyl sites for hydroxylation is 1. The number of fused-ring (bicyclic) bond motifs is 1. The normalized spacial score (nSPS) is 18.2. The second-order valence-electron chi connectivity index (χ2n) is 6.27. The Kier molecular flexibility index (Phi) is 6.22. The molecule has 1 saturated heterocycles.